The SMILES string of the molecule is Cc1cn2nc([C@H]3CCCCN3C(=O)c3cc(Cl)ccc3NS(C)(=O)=O)cc2nc1N1CCC12CNC2. The van der Waals surface area contributed by atoms with Crippen molar-refractivity contribution in [3.8, 4) is 0 Å². The number of anilines is 2. The Bertz CT molecular complexity index is 1500. The minimum Gasteiger partial charge on any atom is -0.348 e. The molecule has 37 heavy (non-hydrogen) atoms. The molecule has 3 aliphatic rings. The molecule has 1 amide bonds. The van der Waals surface area contributed by atoms with Crippen LogP contribution in [-0.2, 0) is 10.0 Å². The highest BCUT2D eigenvalue weighted by Gasteiger charge is 2.50. The van der Waals surface area contributed by atoms with Gasteiger partial charge >= 0.3 is 0 Å². The molecule has 10 nitrogen and oxygen atoms in total. The predicted octanol–water partition coefficient (Wildman–Crippen LogP) is 2.98. The summed E-state index contributed by atoms with van der Waals surface area (Å²) in [6.07, 6.45) is 6.83. The number of likely N-dealkylation sites (tertiary alicyclic amines) is 1. The number of benzene rings is 1. The van der Waals surface area contributed by atoms with Crippen molar-refractivity contribution in [3.05, 3.63) is 52.3 Å². The molecule has 3 saturated heterocycles. The van der Waals surface area contributed by atoms with Crippen LogP contribution >= 0.6 is 11.6 Å². The van der Waals surface area contributed by atoms with Crippen LogP contribution in [0.3, 0.4) is 0 Å². The quantitative estimate of drug-likeness (QED) is 0.509. The zero-order chi connectivity index (χ0) is 25.9. The lowest BCUT2D eigenvalue weighted by Gasteiger charge is -2.59. The first-order valence-corrected chi connectivity index (χ1v) is 14.8. The van der Waals surface area contributed by atoms with Crippen LogP contribution in [0.1, 0.15) is 53.3 Å². The number of sulfonamides is 1. The number of hydrogen-bond acceptors (Lipinski definition) is 7. The molecule has 1 aromatic carbocycles. The number of halogens is 1. The molecule has 0 aliphatic carbocycles. The van der Waals surface area contributed by atoms with Gasteiger partial charge in [-0.2, -0.15) is 5.10 Å². The van der Waals surface area contributed by atoms with E-state index in [2.05, 4.69) is 21.9 Å². The largest absolute Gasteiger partial charge is 0.348 e. The summed E-state index contributed by atoms with van der Waals surface area (Å²) < 4.78 is 28.1. The topological polar surface area (TPSA) is 112 Å². The third kappa shape index (κ3) is 4.32. The molecule has 1 spiro atoms. The van der Waals surface area contributed by atoms with E-state index in [0.717, 1.165) is 67.9 Å². The van der Waals surface area contributed by atoms with Gasteiger partial charge in [0.2, 0.25) is 10.0 Å². The molecular weight excluding hydrogens is 514 g/mol. The minimum atomic E-state index is -3.57. The molecule has 0 bridgehead atoms. The number of carbonyl (C=O) groups excluding carboxylic acids is 1. The van der Waals surface area contributed by atoms with Gasteiger partial charge in [0.25, 0.3) is 5.91 Å². The molecule has 0 unspecified atom stereocenters. The van der Waals surface area contributed by atoms with E-state index in [4.69, 9.17) is 21.7 Å². The van der Waals surface area contributed by atoms with Gasteiger partial charge in [0.05, 0.1) is 34.8 Å². The van der Waals surface area contributed by atoms with Crippen LogP contribution in [0.2, 0.25) is 5.02 Å². The monoisotopic (exact) mass is 543 g/mol. The van der Waals surface area contributed by atoms with Crippen molar-refractivity contribution in [3.63, 3.8) is 0 Å². The van der Waals surface area contributed by atoms with E-state index in [1.54, 1.807) is 15.5 Å². The Kier molecular flexibility index (Phi) is 5.85. The molecule has 2 N–H and O–H groups in total. The molecule has 3 aliphatic heterocycles. The molecule has 6 rings (SSSR count). The van der Waals surface area contributed by atoms with Gasteiger partial charge in [0.1, 0.15) is 5.82 Å². The number of amides is 1. The molecule has 3 fully saturated rings. The van der Waals surface area contributed by atoms with Crippen molar-refractivity contribution in [2.45, 2.75) is 44.2 Å². The Labute approximate surface area is 221 Å². The fourth-order valence-electron chi connectivity index (χ4n) is 5.73. The van der Waals surface area contributed by atoms with E-state index in [0.29, 0.717) is 11.6 Å². The second kappa shape index (κ2) is 8.85. The number of piperidine rings is 1. The van der Waals surface area contributed by atoms with Gasteiger partial charge in [-0.15, -0.1) is 0 Å². The van der Waals surface area contributed by atoms with Crippen LogP contribution in [0.4, 0.5) is 11.5 Å². The van der Waals surface area contributed by atoms with Gasteiger partial charge in [-0.1, -0.05) is 11.6 Å². The van der Waals surface area contributed by atoms with Crippen molar-refractivity contribution in [1.82, 2.24) is 24.8 Å². The number of hydrogen-bond donors (Lipinski definition) is 2. The summed E-state index contributed by atoms with van der Waals surface area (Å²) in [6, 6.07) is 6.33. The molecule has 1 atom stereocenters. The first kappa shape index (κ1) is 24.4. The maximum Gasteiger partial charge on any atom is 0.256 e. The van der Waals surface area contributed by atoms with E-state index >= 15 is 0 Å². The third-order valence-electron chi connectivity index (χ3n) is 7.77. The second-order valence-electron chi connectivity index (χ2n) is 10.4. The molecule has 3 aromatic rings. The highest BCUT2D eigenvalue weighted by Crippen LogP contribution is 2.40. The Hall–Kier alpha value is -2.89. The molecule has 12 heteroatoms. The van der Waals surface area contributed by atoms with Crippen LogP contribution in [0.5, 0.6) is 0 Å². The summed E-state index contributed by atoms with van der Waals surface area (Å²) in [6.45, 7) is 5.59. The van der Waals surface area contributed by atoms with Crippen LogP contribution in [0.15, 0.2) is 30.5 Å². The molecule has 0 saturated carbocycles. The smallest absolute Gasteiger partial charge is 0.256 e. The molecule has 196 valence electrons. The van der Waals surface area contributed by atoms with Crippen LogP contribution in [0, 0.1) is 6.92 Å². The van der Waals surface area contributed by atoms with Gasteiger partial charge in [-0.05, 0) is 50.8 Å². The van der Waals surface area contributed by atoms with Gasteiger partial charge in [-0.3, -0.25) is 9.52 Å². The fraction of sp³-hybridized carbons (Fsp3) is 0.480. The Morgan fingerprint density at radius 2 is 2.03 bits per heavy atom. The maximum absolute atomic E-state index is 13.8. The van der Waals surface area contributed by atoms with E-state index in [1.807, 2.05) is 12.3 Å². The second-order valence-corrected chi connectivity index (χ2v) is 12.6. The first-order valence-electron chi connectivity index (χ1n) is 12.6. The van der Waals surface area contributed by atoms with Crippen molar-refractivity contribution in [2.75, 3.05) is 42.1 Å². The average molecular weight is 544 g/mol. The van der Waals surface area contributed by atoms with E-state index in [9.17, 15) is 13.2 Å². The summed E-state index contributed by atoms with van der Waals surface area (Å²) >= 11 is 6.20. The van der Waals surface area contributed by atoms with Gasteiger partial charge in [0.15, 0.2) is 5.65 Å². The number of aryl methyl sites for hydroxylation is 1. The predicted molar refractivity (Wildman–Crippen MR) is 143 cm³/mol. The normalized spacial score (nSPS) is 21.1. The lowest BCUT2D eigenvalue weighted by Crippen LogP contribution is -2.76. The zero-order valence-electron chi connectivity index (χ0n) is 20.9. The minimum absolute atomic E-state index is 0.195. The standard InChI is InChI=1S/C25H30ClN7O3S/c1-16-13-33-22(28-23(16)32-10-8-25(32)14-27-15-25)12-20(29-33)21-5-3-4-9-31(21)24(34)18-11-17(26)6-7-19(18)30-37(2,35)36/h6-7,11-13,21,27,30H,3-5,8-10,14-15H2,1-2H3/t21-/m1/s1. The zero-order valence-corrected chi connectivity index (χ0v) is 22.4. The van der Waals surface area contributed by atoms with Crippen molar-refractivity contribution in [2.24, 2.45) is 0 Å². The number of nitrogens with one attached hydrogen (secondary N) is 2. The number of aromatic nitrogens is 3. The van der Waals surface area contributed by atoms with Gasteiger partial charge < -0.3 is 15.1 Å². The summed E-state index contributed by atoms with van der Waals surface area (Å²) in [5.74, 6) is 0.721. The van der Waals surface area contributed by atoms with E-state index in [1.165, 1.54) is 18.6 Å². The first-order chi connectivity index (χ1) is 17.6. The van der Waals surface area contributed by atoms with Gasteiger partial charge in [0, 0.05) is 49.0 Å². The summed E-state index contributed by atoms with van der Waals surface area (Å²) in [5.41, 5.74) is 3.24. The van der Waals surface area contributed by atoms with Crippen LogP contribution in [-0.4, -0.2) is 71.8 Å². The van der Waals surface area contributed by atoms with Crippen molar-refractivity contribution >= 4 is 44.7 Å². The Morgan fingerprint density at radius 1 is 1.22 bits per heavy atom. The highest BCUT2D eigenvalue weighted by atomic mass is 35.5. The number of rotatable bonds is 5. The van der Waals surface area contributed by atoms with Gasteiger partial charge in [-0.25, -0.2) is 17.9 Å². The average Bonchev–Trinajstić information content (AvgIpc) is 3.20. The Morgan fingerprint density at radius 3 is 2.70 bits per heavy atom. The lowest BCUT2D eigenvalue weighted by molar-refractivity contribution is 0.0607. The lowest BCUT2D eigenvalue weighted by atomic mass is 9.79. The van der Waals surface area contributed by atoms with Crippen LogP contribution < -0.4 is 14.9 Å². The molecular formula is C25H30ClN7O3S. The maximum atomic E-state index is 13.8. The van der Waals surface area contributed by atoms with Crippen molar-refractivity contribution < 1.29 is 13.2 Å². The van der Waals surface area contributed by atoms with Crippen LogP contribution in [0.25, 0.3) is 5.65 Å². The number of nitrogens with zero attached hydrogens (tertiary/aromatic N) is 5. The number of fused-ring (bicyclic) bond motifs is 1. The molecule has 2 aromatic heterocycles. The molecule has 5 heterocycles. The Balaban J connectivity index is 1.33. The molecule has 0 radical (unpaired) electrons. The summed E-state index contributed by atoms with van der Waals surface area (Å²) in [7, 11) is -3.57. The highest BCUT2D eigenvalue weighted by molar-refractivity contribution is 7.92. The van der Waals surface area contributed by atoms with E-state index < -0.39 is 10.0 Å². The third-order valence-corrected chi connectivity index (χ3v) is 8.60. The van der Waals surface area contributed by atoms with Crippen molar-refractivity contribution in [1.29, 1.82) is 0 Å². The fourth-order valence-corrected chi connectivity index (χ4v) is 6.48. The summed E-state index contributed by atoms with van der Waals surface area (Å²) in [4.78, 5) is 22.9. The van der Waals surface area contributed by atoms with E-state index in [-0.39, 0.29) is 28.7 Å². The summed E-state index contributed by atoms with van der Waals surface area (Å²) in [5, 5.41) is 8.58. The number of carbonyl (C=O) groups is 1.